The molecule has 1 amide bonds. The Bertz CT molecular complexity index is 609. The van der Waals surface area contributed by atoms with Crippen LogP contribution in [0.4, 0.5) is 5.69 Å². The van der Waals surface area contributed by atoms with Gasteiger partial charge in [-0.15, -0.1) is 24.2 Å². The van der Waals surface area contributed by atoms with Crippen molar-refractivity contribution in [3.63, 3.8) is 0 Å². The van der Waals surface area contributed by atoms with E-state index in [2.05, 4.69) is 10.2 Å². The molecule has 26 heavy (non-hydrogen) atoms. The minimum absolute atomic E-state index is 0. The minimum atomic E-state index is -0.801. The third-order valence-corrected chi connectivity index (χ3v) is 5.59. The van der Waals surface area contributed by atoms with E-state index in [4.69, 9.17) is 5.11 Å². The first-order valence-electron chi connectivity index (χ1n) is 8.52. The van der Waals surface area contributed by atoms with Crippen LogP contribution in [0.15, 0.2) is 29.2 Å². The second-order valence-corrected chi connectivity index (χ2v) is 7.29. The molecule has 0 aromatic heterocycles. The number of anilines is 1. The Morgan fingerprint density at radius 2 is 1.96 bits per heavy atom. The van der Waals surface area contributed by atoms with E-state index in [-0.39, 0.29) is 36.9 Å². The molecule has 0 saturated carbocycles. The van der Waals surface area contributed by atoms with E-state index in [1.54, 1.807) is 11.8 Å². The Hall–Kier alpha value is -1.28. The predicted octanol–water partition coefficient (Wildman–Crippen LogP) is 2.64. The Morgan fingerprint density at radius 3 is 2.54 bits per heavy atom. The number of likely N-dealkylation sites (N-methyl/N-ethyl adjacent to an activating group) is 1. The van der Waals surface area contributed by atoms with Crippen LogP contribution in [-0.4, -0.2) is 71.8 Å². The third-order valence-electron chi connectivity index (χ3n) is 4.80. The number of piperidine rings is 1. The van der Waals surface area contributed by atoms with Gasteiger partial charge in [-0.2, -0.15) is 0 Å². The normalized spacial score (nSPS) is 16.8. The summed E-state index contributed by atoms with van der Waals surface area (Å²) >= 11 is 1.61. The standard InChI is InChI=1S/C18H27N3O3S.ClH/c1-13(18(24)19-15-6-4-5-7-16(15)25-3)21-10-8-14(9-11-21)20(2)12-17(22)23;/h4-7,13-14H,8-12H2,1-3H3,(H,19,24)(H,22,23);1H. The summed E-state index contributed by atoms with van der Waals surface area (Å²) in [5.74, 6) is -0.802. The van der Waals surface area contributed by atoms with E-state index < -0.39 is 5.97 Å². The zero-order valence-electron chi connectivity index (χ0n) is 15.5. The maximum absolute atomic E-state index is 12.6. The lowest BCUT2D eigenvalue weighted by atomic mass is 10.0. The largest absolute Gasteiger partial charge is 0.480 e. The van der Waals surface area contributed by atoms with Crippen LogP contribution in [0.1, 0.15) is 19.8 Å². The number of amides is 1. The fourth-order valence-electron chi connectivity index (χ4n) is 3.21. The number of hydrogen-bond donors (Lipinski definition) is 2. The van der Waals surface area contributed by atoms with Crippen LogP contribution < -0.4 is 5.32 Å². The number of rotatable bonds is 7. The first-order valence-corrected chi connectivity index (χ1v) is 9.74. The number of carbonyl (C=O) groups excluding carboxylic acids is 1. The molecular weight excluding hydrogens is 374 g/mol. The predicted molar refractivity (Wildman–Crippen MR) is 108 cm³/mol. The lowest BCUT2D eigenvalue weighted by molar-refractivity contribution is -0.138. The van der Waals surface area contributed by atoms with Crippen LogP contribution in [0, 0.1) is 0 Å². The molecule has 2 rings (SSSR count). The summed E-state index contributed by atoms with van der Waals surface area (Å²) in [7, 11) is 1.85. The molecule has 1 aliphatic heterocycles. The van der Waals surface area contributed by atoms with Crippen molar-refractivity contribution in [2.75, 3.05) is 38.3 Å². The molecule has 1 aromatic rings. The van der Waals surface area contributed by atoms with Gasteiger partial charge < -0.3 is 10.4 Å². The number of para-hydroxylation sites is 1. The summed E-state index contributed by atoms with van der Waals surface area (Å²) in [6.07, 6.45) is 3.75. The van der Waals surface area contributed by atoms with Crippen molar-refractivity contribution in [2.45, 2.75) is 36.7 Å². The molecule has 0 spiro atoms. The summed E-state index contributed by atoms with van der Waals surface area (Å²) < 4.78 is 0. The van der Waals surface area contributed by atoms with Gasteiger partial charge in [0, 0.05) is 24.0 Å². The van der Waals surface area contributed by atoms with Crippen LogP contribution in [0.2, 0.25) is 0 Å². The number of nitrogens with one attached hydrogen (secondary N) is 1. The number of carbonyl (C=O) groups is 2. The Morgan fingerprint density at radius 1 is 1.35 bits per heavy atom. The highest BCUT2D eigenvalue weighted by molar-refractivity contribution is 7.98. The number of benzene rings is 1. The van der Waals surface area contributed by atoms with E-state index in [1.807, 2.05) is 49.4 Å². The van der Waals surface area contributed by atoms with Gasteiger partial charge in [-0.1, -0.05) is 12.1 Å². The van der Waals surface area contributed by atoms with Crippen molar-refractivity contribution in [1.29, 1.82) is 0 Å². The summed E-state index contributed by atoms with van der Waals surface area (Å²) in [5.41, 5.74) is 0.850. The molecule has 8 heteroatoms. The van der Waals surface area contributed by atoms with Crippen LogP contribution >= 0.6 is 24.2 Å². The number of hydrogen-bond acceptors (Lipinski definition) is 5. The van der Waals surface area contributed by atoms with Gasteiger partial charge >= 0.3 is 5.97 Å². The second-order valence-electron chi connectivity index (χ2n) is 6.44. The molecule has 146 valence electrons. The van der Waals surface area contributed by atoms with Crippen LogP contribution in [0.25, 0.3) is 0 Å². The molecule has 2 N–H and O–H groups in total. The average Bonchev–Trinajstić information content (AvgIpc) is 2.61. The van der Waals surface area contributed by atoms with Gasteiger partial charge in [0.2, 0.25) is 5.91 Å². The Kier molecular flexibility index (Phi) is 9.43. The maximum Gasteiger partial charge on any atom is 0.317 e. The first-order chi connectivity index (χ1) is 11.9. The van der Waals surface area contributed by atoms with Crippen molar-refractivity contribution in [3.05, 3.63) is 24.3 Å². The number of carboxylic acid groups (broad SMARTS) is 1. The number of aliphatic carboxylic acids is 1. The number of halogens is 1. The fraction of sp³-hybridized carbons (Fsp3) is 0.556. The van der Waals surface area contributed by atoms with E-state index in [1.165, 1.54) is 0 Å². The molecule has 1 aliphatic rings. The van der Waals surface area contributed by atoms with Crippen molar-refractivity contribution in [1.82, 2.24) is 9.80 Å². The lowest BCUT2D eigenvalue weighted by Gasteiger charge is -2.38. The fourth-order valence-corrected chi connectivity index (χ4v) is 3.76. The van der Waals surface area contributed by atoms with Gasteiger partial charge in [0.15, 0.2) is 0 Å². The molecule has 1 heterocycles. The lowest BCUT2D eigenvalue weighted by Crippen LogP contribution is -2.50. The number of nitrogens with zero attached hydrogens (tertiary/aromatic N) is 2. The summed E-state index contributed by atoms with van der Waals surface area (Å²) in [6, 6.07) is 7.85. The van der Waals surface area contributed by atoms with Gasteiger partial charge in [-0.25, -0.2) is 0 Å². The van der Waals surface area contributed by atoms with Crippen molar-refractivity contribution in [2.24, 2.45) is 0 Å². The van der Waals surface area contributed by atoms with E-state index in [0.29, 0.717) is 0 Å². The van der Waals surface area contributed by atoms with Crippen molar-refractivity contribution in [3.8, 4) is 0 Å². The maximum atomic E-state index is 12.6. The quantitative estimate of drug-likeness (QED) is 0.684. The molecular formula is C18H28ClN3O3S. The molecule has 0 aliphatic carbocycles. The summed E-state index contributed by atoms with van der Waals surface area (Å²) in [6.45, 7) is 3.59. The highest BCUT2D eigenvalue weighted by Crippen LogP contribution is 2.25. The Labute approximate surface area is 165 Å². The monoisotopic (exact) mass is 401 g/mol. The number of carboxylic acids is 1. The molecule has 1 fully saturated rings. The van der Waals surface area contributed by atoms with E-state index in [9.17, 15) is 9.59 Å². The van der Waals surface area contributed by atoms with Gasteiger partial charge in [0.05, 0.1) is 18.3 Å². The van der Waals surface area contributed by atoms with Gasteiger partial charge in [0.1, 0.15) is 0 Å². The van der Waals surface area contributed by atoms with Crippen molar-refractivity contribution >= 4 is 41.7 Å². The minimum Gasteiger partial charge on any atom is -0.480 e. The summed E-state index contributed by atoms with van der Waals surface area (Å²) in [4.78, 5) is 28.5. The molecule has 1 atom stereocenters. The SMILES string of the molecule is CSc1ccccc1NC(=O)C(C)N1CCC(N(C)CC(=O)O)CC1.Cl. The zero-order chi connectivity index (χ0) is 18.4. The Balaban J connectivity index is 0.00000338. The van der Waals surface area contributed by atoms with Crippen molar-refractivity contribution < 1.29 is 14.7 Å². The molecule has 1 unspecified atom stereocenters. The van der Waals surface area contributed by atoms with E-state index in [0.717, 1.165) is 36.5 Å². The number of likely N-dealkylation sites (tertiary alicyclic amines) is 1. The average molecular weight is 402 g/mol. The van der Waals surface area contributed by atoms with Crippen LogP contribution in [0.5, 0.6) is 0 Å². The molecule has 1 saturated heterocycles. The smallest absolute Gasteiger partial charge is 0.317 e. The van der Waals surface area contributed by atoms with Gasteiger partial charge in [-0.05, 0) is 45.2 Å². The molecule has 6 nitrogen and oxygen atoms in total. The molecule has 1 aromatic carbocycles. The molecule has 0 bridgehead atoms. The number of thioether (sulfide) groups is 1. The topological polar surface area (TPSA) is 72.9 Å². The van der Waals surface area contributed by atoms with E-state index >= 15 is 0 Å². The third kappa shape index (κ3) is 6.16. The summed E-state index contributed by atoms with van der Waals surface area (Å²) in [5, 5.41) is 11.9. The first kappa shape index (κ1) is 22.8. The second kappa shape index (κ2) is 10.8. The zero-order valence-corrected chi connectivity index (χ0v) is 17.1. The van der Waals surface area contributed by atoms with Crippen LogP contribution in [0.3, 0.4) is 0 Å². The van der Waals surface area contributed by atoms with Gasteiger partial charge in [0.25, 0.3) is 0 Å². The van der Waals surface area contributed by atoms with Gasteiger partial charge in [-0.3, -0.25) is 19.4 Å². The van der Waals surface area contributed by atoms with Crippen LogP contribution in [-0.2, 0) is 9.59 Å². The highest BCUT2D eigenvalue weighted by Gasteiger charge is 2.29. The highest BCUT2D eigenvalue weighted by atomic mass is 35.5. The molecule has 0 radical (unpaired) electrons.